The van der Waals surface area contributed by atoms with Crippen molar-refractivity contribution >= 4 is 11.5 Å². The summed E-state index contributed by atoms with van der Waals surface area (Å²) in [5.74, 6) is 1.91. The molecule has 116 valence electrons. The molecule has 2 aromatic rings. The van der Waals surface area contributed by atoms with Crippen LogP contribution in [0.2, 0.25) is 0 Å². The first-order valence-corrected chi connectivity index (χ1v) is 7.92. The van der Waals surface area contributed by atoms with Gasteiger partial charge in [-0.15, -0.1) is 0 Å². The standard InChI is InChI=1S/C18H24N4/c1-13-5-6-14(2)17(11-13)21-7-9-22(10-8-21)18-12-15(3)19-16(4)20-18/h5-6,11-12H,7-10H2,1-4H3. The molecule has 2 heterocycles. The maximum atomic E-state index is 4.58. The molecular formula is C18H24N4. The summed E-state index contributed by atoms with van der Waals surface area (Å²) in [6.45, 7) is 12.4. The van der Waals surface area contributed by atoms with Crippen molar-refractivity contribution in [3.05, 3.63) is 46.9 Å². The zero-order valence-corrected chi connectivity index (χ0v) is 13.9. The van der Waals surface area contributed by atoms with Crippen molar-refractivity contribution in [2.45, 2.75) is 27.7 Å². The fourth-order valence-corrected chi connectivity index (χ4v) is 3.10. The number of hydrogen-bond donors (Lipinski definition) is 0. The van der Waals surface area contributed by atoms with E-state index in [1.54, 1.807) is 0 Å². The van der Waals surface area contributed by atoms with E-state index in [4.69, 9.17) is 0 Å². The maximum Gasteiger partial charge on any atom is 0.132 e. The van der Waals surface area contributed by atoms with Gasteiger partial charge in [-0.1, -0.05) is 12.1 Å². The van der Waals surface area contributed by atoms with Crippen LogP contribution in [0.25, 0.3) is 0 Å². The molecule has 4 nitrogen and oxygen atoms in total. The number of piperazine rings is 1. The molecule has 0 unspecified atom stereocenters. The van der Waals surface area contributed by atoms with Crippen LogP contribution in [0.15, 0.2) is 24.3 Å². The van der Waals surface area contributed by atoms with Crippen LogP contribution < -0.4 is 9.80 Å². The van der Waals surface area contributed by atoms with Crippen molar-refractivity contribution < 1.29 is 0 Å². The van der Waals surface area contributed by atoms with Crippen LogP contribution in [0.5, 0.6) is 0 Å². The first kappa shape index (κ1) is 14.8. The number of rotatable bonds is 2. The van der Waals surface area contributed by atoms with E-state index in [-0.39, 0.29) is 0 Å². The van der Waals surface area contributed by atoms with Gasteiger partial charge in [-0.25, -0.2) is 9.97 Å². The van der Waals surface area contributed by atoms with Crippen LogP contribution in [0.3, 0.4) is 0 Å². The summed E-state index contributed by atoms with van der Waals surface area (Å²) < 4.78 is 0. The third kappa shape index (κ3) is 3.06. The first-order chi connectivity index (χ1) is 10.5. The van der Waals surface area contributed by atoms with Crippen molar-refractivity contribution in [1.82, 2.24) is 9.97 Å². The predicted molar refractivity (Wildman–Crippen MR) is 91.8 cm³/mol. The number of benzene rings is 1. The molecule has 1 aromatic heterocycles. The van der Waals surface area contributed by atoms with Gasteiger partial charge in [-0.2, -0.15) is 0 Å². The summed E-state index contributed by atoms with van der Waals surface area (Å²) >= 11 is 0. The molecule has 0 saturated carbocycles. The Labute approximate surface area is 132 Å². The average molecular weight is 296 g/mol. The van der Waals surface area contributed by atoms with E-state index in [0.717, 1.165) is 43.5 Å². The second-order valence-electron chi connectivity index (χ2n) is 6.18. The lowest BCUT2D eigenvalue weighted by molar-refractivity contribution is 0.644. The van der Waals surface area contributed by atoms with E-state index in [9.17, 15) is 0 Å². The molecule has 4 heteroatoms. The highest BCUT2D eigenvalue weighted by atomic mass is 15.3. The number of hydrogen-bond acceptors (Lipinski definition) is 4. The van der Waals surface area contributed by atoms with Crippen LogP contribution in [0, 0.1) is 27.7 Å². The van der Waals surface area contributed by atoms with Gasteiger partial charge in [-0.05, 0) is 44.9 Å². The van der Waals surface area contributed by atoms with Gasteiger partial charge in [0, 0.05) is 43.6 Å². The molecule has 1 saturated heterocycles. The fourth-order valence-electron chi connectivity index (χ4n) is 3.10. The Morgan fingerprint density at radius 3 is 2.18 bits per heavy atom. The zero-order valence-electron chi connectivity index (χ0n) is 13.9. The van der Waals surface area contributed by atoms with E-state index in [1.807, 2.05) is 13.8 Å². The summed E-state index contributed by atoms with van der Waals surface area (Å²) in [6, 6.07) is 8.78. The molecule has 0 atom stereocenters. The third-order valence-corrected chi connectivity index (χ3v) is 4.26. The molecule has 1 aromatic carbocycles. The summed E-state index contributed by atoms with van der Waals surface area (Å²) in [7, 11) is 0. The van der Waals surface area contributed by atoms with Crippen molar-refractivity contribution in [3.63, 3.8) is 0 Å². The smallest absolute Gasteiger partial charge is 0.132 e. The highest BCUT2D eigenvalue weighted by Gasteiger charge is 2.20. The number of aryl methyl sites for hydroxylation is 4. The van der Waals surface area contributed by atoms with Gasteiger partial charge < -0.3 is 9.80 Å². The molecule has 0 spiro atoms. The van der Waals surface area contributed by atoms with E-state index in [2.05, 4.69) is 57.9 Å². The van der Waals surface area contributed by atoms with Gasteiger partial charge >= 0.3 is 0 Å². The first-order valence-electron chi connectivity index (χ1n) is 7.92. The normalized spacial score (nSPS) is 15.3. The predicted octanol–water partition coefficient (Wildman–Crippen LogP) is 3.04. The van der Waals surface area contributed by atoms with Gasteiger partial charge in [0.1, 0.15) is 11.6 Å². The fraction of sp³-hybridized carbons (Fsp3) is 0.444. The summed E-state index contributed by atoms with van der Waals surface area (Å²) in [6.07, 6.45) is 0. The Balaban J connectivity index is 1.73. The quantitative estimate of drug-likeness (QED) is 0.852. The van der Waals surface area contributed by atoms with Gasteiger partial charge in [0.25, 0.3) is 0 Å². The maximum absolute atomic E-state index is 4.58. The Kier molecular flexibility index (Phi) is 4.01. The largest absolute Gasteiger partial charge is 0.368 e. The van der Waals surface area contributed by atoms with Gasteiger partial charge in [-0.3, -0.25) is 0 Å². The van der Waals surface area contributed by atoms with Gasteiger partial charge in [0.2, 0.25) is 0 Å². The lowest BCUT2D eigenvalue weighted by Crippen LogP contribution is -2.47. The third-order valence-electron chi connectivity index (χ3n) is 4.26. The molecule has 0 aliphatic carbocycles. The van der Waals surface area contributed by atoms with Crippen LogP contribution >= 0.6 is 0 Å². The van der Waals surface area contributed by atoms with Crippen molar-refractivity contribution in [3.8, 4) is 0 Å². The minimum atomic E-state index is 0.854. The lowest BCUT2D eigenvalue weighted by atomic mass is 10.1. The Bertz CT molecular complexity index is 653. The monoisotopic (exact) mass is 296 g/mol. The molecule has 0 bridgehead atoms. The number of aromatic nitrogens is 2. The molecule has 0 N–H and O–H groups in total. The second kappa shape index (κ2) is 5.95. The molecule has 22 heavy (non-hydrogen) atoms. The minimum absolute atomic E-state index is 0.854. The van der Waals surface area contributed by atoms with E-state index >= 15 is 0 Å². The molecule has 0 radical (unpaired) electrons. The van der Waals surface area contributed by atoms with Gasteiger partial charge in [0.05, 0.1) is 0 Å². The summed E-state index contributed by atoms with van der Waals surface area (Å²) in [5.41, 5.74) is 5.09. The van der Waals surface area contributed by atoms with Crippen LogP contribution in [-0.4, -0.2) is 36.1 Å². The van der Waals surface area contributed by atoms with Crippen LogP contribution in [0.1, 0.15) is 22.6 Å². The van der Waals surface area contributed by atoms with E-state index in [0.29, 0.717) is 0 Å². The Morgan fingerprint density at radius 2 is 1.50 bits per heavy atom. The van der Waals surface area contributed by atoms with E-state index < -0.39 is 0 Å². The molecule has 1 aliphatic rings. The van der Waals surface area contributed by atoms with Gasteiger partial charge in [0.15, 0.2) is 0 Å². The Hall–Kier alpha value is -2.10. The molecule has 1 fully saturated rings. The summed E-state index contributed by atoms with van der Waals surface area (Å²) in [5, 5.41) is 0. The number of anilines is 2. The Morgan fingerprint density at radius 1 is 0.818 bits per heavy atom. The molecule has 3 rings (SSSR count). The zero-order chi connectivity index (χ0) is 15.7. The van der Waals surface area contributed by atoms with Crippen LogP contribution in [0.4, 0.5) is 11.5 Å². The molecule has 1 aliphatic heterocycles. The number of nitrogens with zero attached hydrogens (tertiary/aromatic N) is 4. The topological polar surface area (TPSA) is 32.3 Å². The van der Waals surface area contributed by atoms with Crippen molar-refractivity contribution in [2.75, 3.05) is 36.0 Å². The second-order valence-corrected chi connectivity index (χ2v) is 6.18. The summed E-state index contributed by atoms with van der Waals surface area (Å²) in [4.78, 5) is 13.8. The average Bonchev–Trinajstić information content (AvgIpc) is 2.49. The van der Waals surface area contributed by atoms with Crippen LogP contribution in [-0.2, 0) is 0 Å². The van der Waals surface area contributed by atoms with Crippen molar-refractivity contribution in [2.24, 2.45) is 0 Å². The SMILES string of the molecule is Cc1ccc(C)c(N2CCN(c3cc(C)nc(C)n3)CC2)c1. The highest BCUT2D eigenvalue weighted by molar-refractivity contribution is 5.56. The highest BCUT2D eigenvalue weighted by Crippen LogP contribution is 2.24. The van der Waals surface area contributed by atoms with E-state index in [1.165, 1.54) is 16.8 Å². The lowest BCUT2D eigenvalue weighted by Gasteiger charge is -2.37. The minimum Gasteiger partial charge on any atom is -0.368 e. The molecular weight excluding hydrogens is 272 g/mol. The molecule has 0 amide bonds. The van der Waals surface area contributed by atoms with Crippen molar-refractivity contribution in [1.29, 1.82) is 0 Å².